The van der Waals surface area contributed by atoms with Gasteiger partial charge in [-0.05, 0) is 63.1 Å². The van der Waals surface area contributed by atoms with Crippen molar-refractivity contribution in [3.05, 3.63) is 52.5 Å². The van der Waals surface area contributed by atoms with Crippen molar-refractivity contribution in [2.24, 2.45) is 23.7 Å². The quantitative estimate of drug-likeness (QED) is 0.177. The lowest BCUT2D eigenvalue weighted by atomic mass is 9.92. The second kappa shape index (κ2) is 21.8. The lowest BCUT2D eigenvalue weighted by Crippen LogP contribution is -2.59. The lowest BCUT2D eigenvalue weighted by molar-refractivity contribution is -0.147. The predicted molar refractivity (Wildman–Crippen MR) is 218 cm³/mol. The summed E-state index contributed by atoms with van der Waals surface area (Å²) < 4.78 is 12.1. The minimum Gasteiger partial charge on any atom is -0.379 e. The number of carbonyl (C=O) groups excluding carboxylic acids is 4. The molecule has 0 radical (unpaired) electrons. The van der Waals surface area contributed by atoms with Gasteiger partial charge in [0.05, 0.1) is 48.7 Å². The maximum Gasteiger partial charge on any atom is 0.245 e. The smallest absolute Gasteiger partial charge is 0.245 e. The fourth-order valence-electron chi connectivity index (χ4n) is 8.02. The molecule has 2 N–H and O–H groups in total. The molecule has 13 heteroatoms. The van der Waals surface area contributed by atoms with Crippen molar-refractivity contribution in [1.82, 2.24) is 30.3 Å². The molecule has 1 aliphatic heterocycles. The summed E-state index contributed by atoms with van der Waals surface area (Å²) in [5.41, 5.74) is 1.09. The third-order valence-electron chi connectivity index (χ3n) is 10.9. The van der Waals surface area contributed by atoms with Gasteiger partial charge >= 0.3 is 0 Å². The highest BCUT2D eigenvalue weighted by Gasteiger charge is 2.42. The summed E-state index contributed by atoms with van der Waals surface area (Å²) in [4.78, 5) is 65.7. The first-order chi connectivity index (χ1) is 26.0. The monoisotopic (exact) mass is 784 g/mol. The van der Waals surface area contributed by atoms with Crippen LogP contribution in [0.25, 0.3) is 0 Å². The highest BCUT2D eigenvalue weighted by Crippen LogP contribution is 2.30. The molecule has 0 bridgehead atoms. The van der Waals surface area contributed by atoms with Crippen LogP contribution in [0.2, 0.25) is 0 Å². The van der Waals surface area contributed by atoms with Crippen molar-refractivity contribution in [1.29, 1.82) is 0 Å². The van der Waals surface area contributed by atoms with E-state index in [4.69, 9.17) is 9.47 Å². The van der Waals surface area contributed by atoms with Gasteiger partial charge in [-0.2, -0.15) is 0 Å². The number of likely N-dealkylation sites (tertiary alicyclic amines) is 1. The van der Waals surface area contributed by atoms with Gasteiger partial charge in [0, 0.05) is 39.4 Å². The van der Waals surface area contributed by atoms with Crippen LogP contribution < -0.4 is 10.6 Å². The van der Waals surface area contributed by atoms with Crippen molar-refractivity contribution in [2.45, 2.75) is 123 Å². The number of hydrogen-bond donors (Lipinski definition) is 2. The summed E-state index contributed by atoms with van der Waals surface area (Å²) in [6.45, 7) is 14.4. The molecule has 1 saturated heterocycles. The van der Waals surface area contributed by atoms with Crippen molar-refractivity contribution in [3.8, 4) is 0 Å². The molecule has 308 valence electrons. The predicted octanol–water partition coefficient (Wildman–Crippen LogP) is 5.19. The molecule has 1 fully saturated rings. The number of thiazole rings is 1. The summed E-state index contributed by atoms with van der Waals surface area (Å²) in [5, 5.41) is 9.02. The number of hydrogen-bond acceptors (Lipinski definition) is 9. The molecule has 0 aliphatic carbocycles. The number of rotatable bonds is 21. The highest BCUT2D eigenvalue weighted by molar-refractivity contribution is 7.09. The number of aromatic nitrogens is 1. The van der Waals surface area contributed by atoms with E-state index in [0.717, 1.165) is 17.0 Å². The molecule has 0 spiro atoms. The van der Waals surface area contributed by atoms with E-state index in [1.165, 1.54) is 11.3 Å². The number of nitrogens with one attached hydrogen (secondary N) is 2. The fourth-order valence-corrected chi connectivity index (χ4v) is 8.71. The van der Waals surface area contributed by atoms with Crippen molar-refractivity contribution in [3.63, 3.8) is 0 Å². The Hall–Kier alpha value is -3.39. The molecular weight excluding hydrogens is 717 g/mol. The Kier molecular flexibility index (Phi) is 18.2. The lowest BCUT2D eigenvalue weighted by Gasteiger charge is -2.39. The first-order valence-corrected chi connectivity index (χ1v) is 20.7. The Labute approximate surface area is 334 Å². The average molecular weight is 785 g/mol. The van der Waals surface area contributed by atoms with Crippen molar-refractivity contribution < 1.29 is 28.7 Å². The number of nitrogens with zero attached hydrogens (tertiary/aromatic N) is 4. The van der Waals surface area contributed by atoms with E-state index in [2.05, 4.69) is 29.5 Å². The molecule has 1 aromatic heterocycles. The Bertz CT molecular complexity index is 1480. The van der Waals surface area contributed by atoms with E-state index in [1.807, 2.05) is 94.2 Å². The van der Waals surface area contributed by atoms with Gasteiger partial charge in [-0.3, -0.25) is 24.1 Å². The standard InChI is InChI=1S/C42H68N6O6S/c1-26(2)23-33(47(10)42(52)36(27(3)4)45-40(51)37(28(5)6)46(8)9)34(53-11)25-35(49)48-21-16-19-32(48)38(54-12)29(7)39(50)44-31(41-43-20-22-55-41)24-30-17-14-13-15-18-30/h13-15,17-18,20,22,26-29,31-34,36-38H,16,19,21,23-25H2,1-12H3,(H,44,50)(H,45,51)/t29-,31+,32+,33+,34-,36+,37+,38-/m1/s1. The van der Waals surface area contributed by atoms with Crippen molar-refractivity contribution in [2.75, 3.05) is 41.9 Å². The molecule has 55 heavy (non-hydrogen) atoms. The van der Waals surface area contributed by atoms with Crippen LogP contribution in [-0.2, 0) is 35.1 Å². The molecule has 0 unspecified atom stereocenters. The molecule has 4 amide bonds. The van der Waals surface area contributed by atoms with Crippen LogP contribution in [0.4, 0.5) is 0 Å². The van der Waals surface area contributed by atoms with Crippen LogP contribution in [0.5, 0.6) is 0 Å². The minimum atomic E-state index is -0.748. The Morgan fingerprint density at radius 3 is 2.13 bits per heavy atom. The zero-order valence-corrected chi connectivity index (χ0v) is 36.1. The molecule has 1 aromatic carbocycles. The Morgan fingerprint density at radius 2 is 1.60 bits per heavy atom. The first-order valence-electron chi connectivity index (χ1n) is 19.8. The van der Waals surface area contributed by atoms with E-state index in [0.29, 0.717) is 25.8 Å². The summed E-state index contributed by atoms with van der Waals surface area (Å²) in [6, 6.07) is 7.85. The molecular formula is C42H68N6O6S. The zero-order chi connectivity index (χ0) is 41.0. The number of benzene rings is 1. The van der Waals surface area contributed by atoms with Crippen LogP contribution in [0.3, 0.4) is 0 Å². The Morgan fingerprint density at radius 1 is 0.927 bits per heavy atom. The van der Waals surface area contributed by atoms with Gasteiger partial charge in [0.25, 0.3) is 0 Å². The molecule has 1 aliphatic rings. The molecule has 2 heterocycles. The molecule has 3 rings (SSSR count). The van der Waals surface area contributed by atoms with E-state index < -0.39 is 30.2 Å². The second-order valence-corrected chi connectivity index (χ2v) is 17.3. The number of likely N-dealkylation sites (N-methyl/N-ethyl adjacent to an activating group) is 2. The summed E-state index contributed by atoms with van der Waals surface area (Å²) in [5.74, 6) is -1.14. The van der Waals surface area contributed by atoms with E-state index >= 15 is 0 Å². The van der Waals surface area contributed by atoms with Gasteiger partial charge in [-0.25, -0.2) is 4.98 Å². The van der Waals surface area contributed by atoms with E-state index in [9.17, 15) is 19.2 Å². The van der Waals surface area contributed by atoms with Crippen LogP contribution >= 0.6 is 11.3 Å². The van der Waals surface area contributed by atoms with Crippen LogP contribution in [0.15, 0.2) is 41.9 Å². The topological polar surface area (TPSA) is 133 Å². The number of amides is 4. The van der Waals surface area contributed by atoms with Gasteiger partial charge in [-0.1, -0.05) is 78.8 Å². The van der Waals surface area contributed by atoms with Gasteiger partial charge < -0.3 is 29.9 Å². The molecule has 8 atom stereocenters. The third-order valence-corrected chi connectivity index (χ3v) is 11.8. The number of methoxy groups -OCH3 is 2. The maximum atomic E-state index is 14.3. The summed E-state index contributed by atoms with van der Waals surface area (Å²) in [6.07, 6.45) is 3.35. The SMILES string of the molecule is CO[C@H]([C@@H](C)C(=O)N[C@@H](Cc1ccccc1)c1nccs1)[C@@H]1CCCN1C(=O)C[C@@H](OC)[C@H](CC(C)C)N(C)C(=O)[C@@H](NC(=O)[C@H](C(C)C)N(C)C)C(C)C. The maximum absolute atomic E-state index is 14.3. The summed E-state index contributed by atoms with van der Waals surface area (Å²) in [7, 11) is 8.65. The van der Waals surface area contributed by atoms with Gasteiger partial charge in [-0.15, -0.1) is 11.3 Å². The van der Waals surface area contributed by atoms with E-state index in [1.54, 1.807) is 32.4 Å². The number of ether oxygens (including phenoxy) is 2. The van der Waals surface area contributed by atoms with Crippen LogP contribution in [-0.4, -0.2) is 122 Å². The first kappa shape index (κ1) is 46.0. The van der Waals surface area contributed by atoms with Gasteiger partial charge in [0.15, 0.2) is 0 Å². The molecule has 0 saturated carbocycles. The second-order valence-electron chi connectivity index (χ2n) is 16.4. The highest BCUT2D eigenvalue weighted by atomic mass is 32.1. The number of carbonyl (C=O) groups is 4. The zero-order valence-electron chi connectivity index (χ0n) is 35.3. The average Bonchev–Trinajstić information content (AvgIpc) is 3.85. The Balaban J connectivity index is 1.78. The minimum absolute atomic E-state index is 0.0526. The van der Waals surface area contributed by atoms with Gasteiger partial charge in [0.1, 0.15) is 11.0 Å². The third kappa shape index (κ3) is 12.6. The van der Waals surface area contributed by atoms with Gasteiger partial charge in [0.2, 0.25) is 23.6 Å². The van der Waals surface area contributed by atoms with Crippen LogP contribution in [0, 0.1) is 23.7 Å². The molecule has 2 aromatic rings. The van der Waals surface area contributed by atoms with Crippen LogP contribution in [0.1, 0.15) is 90.8 Å². The van der Waals surface area contributed by atoms with Crippen molar-refractivity contribution >= 4 is 35.0 Å². The van der Waals surface area contributed by atoms with E-state index in [-0.39, 0.29) is 65.9 Å². The summed E-state index contributed by atoms with van der Waals surface area (Å²) >= 11 is 1.51. The fraction of sp³-hybridized carbons (Fsp3) is 0.690. The normalized spacial score (nSPS) is 18.5. The largest absolute Gasteiger partial charge is 0.379 e. The molecule has 12 nitrogen and oxygen atoms in total.